The molecule has 33 heavy (non-hydrogen) atoms. The summed E-state index contributed by atoms with van der Waals surface area (Å²) in [5.74, 6) is 3.05. The third-order valence-corrected chi connectivity index (χ3v) is 7.55. The van der Waals surface area contributed by atoms with Crippen LogP contribution in [0.2, 0.25) is 0 Å². The Kier molecular flexibility index (Phi) is 6.31. The van der Waals surface area contributed by atoms with Crippen LogP contribution in [-0.2, 0) is 6.42 Å². The minimum absolute atomic E-state index is 0.454. The van der Waals surface area contributed by atoms with Crippen molar-refractivity contribution in [2.24, 2.45) is 5.92 Å². The molecule has 1 aliphatic rings. The second kappa shape index (κ2) is 9.51. The molecule has 2 N–H and O–H groups in total. The van der Waals surface area contributed by atoms with Crippen molar-refractivity contribution in [3.05, 3.63) is 47.9 Å². The normalized spacial score (nSPS) is 15.6. The molecule has 1 aromatic carbocycles. The maximum absolute atomic E-state index is 6.17. The van der Waals surface area contributed by atoms with Gasteiger partial charge in [-0.05, 0) is 57.2 Å². The highest BCUT2D eigenvalue weighted by molar-refractivity contribution is 7.22. The van der Waals surface area contributed by atoms with Crippen molar-refractivity contribution in [2.45, 2.75) is 65.3 Å². The average Bonchev–Trinajstić information content (AvgIpc) is 3.41. The van der Waals surface area contributed by atoms with E-state index in [9.17, 15) is 0 Å². The first-order chi connectivity index (χ1) is 16.1. The molecule has 1 fully saturated rings. The number of rotatable bonds is 7. The van der Waals surface area contributed by atoms with E-state index in [1.165, 1.54) is 32.1 Å². The number of aromatic amines is 1. The molecule has 5 rings (SSSR count). The molecule has 0 saturated heterocycles. The van der Waals surface area contributed by atoms with Crippen LogP contribution < -0.4 is 10.1 Å². The number of thiazole rings is 1. The Morgan fingerprint density at radius 1 is 1.12 bits per heavy atom. The lowest BCUT2D eigenvalue weighted by Gasteiger charge is -2.28. The van der Waals surface area contributed by atoms with Gasteiger partial charge in [-0.15, -0.1) is 0 Å². The largest absolute Gasteiger partial charge is 0.457 e. The highest BCUT2D eigenvalue weighted by Gasteiger charge is 2.21. The lowest BCUT2D eigenvalue weighted by Crippen LogP contribution is -2.27. The summed E-state index contributed by atoms with van der Waals surface area (Å²) in [6, 6.07) is 10.3. The molecule has 1 saturated carbocycles. The van der Waals surface area contributed by atoms with Crippen LogP contribution in [0.5, 0.6) is 11.5 Å². The molecule has 6 nitrogen and oxygen atoms in total. The number of anilines is 1. The number of pyridine rings is 1. The lowest BCUT2D eigenvalue weighted by molar-refractivity contribution is 0.328. The molecule has 3 aromatic heterocycles. The van der Waals surface area contributed by atoms with Crippen LogP contribution in [0.3, 0.4) is 0 Å². The third-order valence-electron chi connectivity index (χ3n) is 6.60. The standard InChI is InChI=1S/C26H31N5OS/c1-4-21-17(3)28-25(30-21)23-14-20(12-13-27-23)32-19-10-11-22-24(15-19)33-26(31-22)29-16(2)18-8-6-5-7-9-18/h10-16,18H,4-9H2,1-3H3,(H,28,30)(H,29,31). The van der Waals surface area contributed by atoms with Gasteiger partial charge in [0.1, 0.15) is 17.2 Å². The van der Waals surface area contributed by atoms with Gasteiger partial charge >= 0.3 is 0 Å². The van der Waals surface area contributed by atoms with Crippen molar-refractivity contribution < 1.29 is 4.74 Å². The Morgan fingerprint density at radius 2 is 1.94 bits per heavy atom. The van der Waals surface area contributed by atoms with Crippen molar-refractivity contribution in [1.82, 2.24) is 19.9 Å². The first kappa shape index (κ1) is 21.9. The predicted molar refractivity (Wildman–Crippen MR) is 135 cm³/mol. The third kappa shape index (κ3) is 4.88. The Hall–Kier alpha value is -2.93. The van der Waals surface area contributed by atoms with Crippen molar-refractivity contribution in [2.75, 3.05) is 5.32 Å². The van der Waals surface area contributed by atoms with E-state index in [0.717, 1.165) is 62.1 Å². The molecule has 1 aliphatic carbocycles. The molecule has 1 atom stereocenters. The molecule has 172 valence electrons. The predicted octanol–water partition coefficient (Wildman–Crippen LogP) is 7.13. The number of aryl methyl sites for hydroxylation is 2. The zero-order chi connectivity index (χ0) is 22.8. The fourth-order valence-electron chi connectivity index (χ4n) is 4.68. The highest BCUT2D eigenvalue weighted by atomic mass is 32.1. The zero-order valence-corrected chi connectivity index (χ0v) is 20.3. The molecule has 0 aliphatic heterocycles. The molecule has 0 bridgehead atoms. The van der Waals surface area contributed by atoms with Crippen LogP contribution in [-0.4, -0.2) is 26.0 Å². The van der Waals surface area contributed by atoms with Gasteiger partial charge < -0.3 is 15.0 Å². The molecular formula is C26H31N5OS. The number of imidazole rings is 1. The number of nitrogens with zero attached hydrogens (tertiary/aromatic N) is 3. The van der Waals surface area contributed by atoms with Gasteiger partial charge in [0.2, 0.25) is 0 Å². The zero-order valence-electron chi connectivity index (χ0n) is 19.5. The number of H-pyrrole nitrogens is 1. The number of hydrogen-bond donors (Lipinski definition) is 2. The fourth-order valence-corrected chi connectivity index (χ4v) is 5.67. The van der Waals surface area contributed by atoms with Crippen molar-refractivity contribution in [3.63, 3.8) is 0 Å². The Bertz CT molecular complexity index is 1240. The van der Waals surface area contributed by atoms with E-state index in [1.54, 1.807) is 17.5 Å². The molecule has 3 heterocycles. The maximum atomic E-state index is 6.17. The first-order valence-corrected chi connectivity index (χ1v) is 12.8. The summed E-state index contributed by atoms with van der Waals surface area (Å²) < 4.78 is 7.29. The monoisotopic (exact) mass is 461 g/mol. The van der Waals surface area contributed by atoms with Crippen LogP contribution in [0.25, 0.3) is 21.7 Å². The fraction of sp³-hybridized carbons (Fsp3) is 0.423. The summed E-state index contributed by atoms with van der Waals surface area (Å²) in [6.45, 7) is 6.44. The Labute approximate surface area is 198 Å². The number of benzene rings is 1. The SMILES string of the molecule is CCc1nc(-c2cc(Oc3ccc4nc(NC(C)C5CCCCC5)sc4c3)ccn2)[nH]c1C. The van der Waals surface area contributed by atoms with E-state index < -0.39 is 0 Å². The van der Waals surface area contributed by atoms with Crippen LogP contribution in [0.1, 0.15) is 57.3 Å². The van der Waals surface area contributed by atoms with E-state index in [2.05, 4.69) is 40.2 Å². The molecule has 4 aromatic rings. The molecule has 0 amide bonds. The van der Waals surface area contributed by atoms with Gasteiger partial charge in [-0.25, -0.2) is 9.97 Å². The molecule has 0 radical (unpaired) electrons. The number of ether oxygens (including phenoxy) is 1. The minimum Gasteiger partial charge on any atom is -0.457 e. The number of fused-ring (bicyclic) bond motifs is 1. The van der Waals surface area contributed by atoms with Gasteiger partial charge in [0.15, 0.2) is 11.0 Å². The summed E-state index contributed by atoms with van der Waals surface area (Å²) in [7, 11) is 0. The second-order valence-electron chi connectivity index (χ2n) is 8.97. The second-order valence-corrected chi connectivity index (χ2v) is 10.00. The maximum Gasteiger partial charge on any atom is 0.184 e. The highest BCUT2D eigenvalue weighted by Crippen LogP contribution is 2.34. The Balaban J connectivity index is 1.31. The average molecular weight is 462 g/mol. The van der Waals surface area contributed by atoms with Crippen LogP contribution in [0.4, 0.5) is 5.13 Å². The van der Waals surface area contributed by atoms with Gasteiger partial charge in [-0.3, -0.25) is 4.98 Å². The number of aromatic nitrogens is 4. The Morgan fingerprint density at radius 3 is 2.73 bits per heavy atom. The van der Waals surface area contributed by atoms with Crippen molar-refractivity contribution >= 4 is 26.7 Å². The summed E-state index contributed by atoms with van der Waals surface area (Å²) in [5.41, 5.74) is 3.92. The summed E-state index contributed by atoms with van der Waals surface area (Å²) in [5, 5.41) is 4.65. The van der Waals surface area contributed by atoms with Crippen LogP contribution in [0.15, 0.2) is 36.5 Å². The van der Waals surface area contributed by atoms with Gasteiger partial charge in [-0.1, -0.05) is 37.5 Å². The van der Waals surface area contributed by atoms with E-state index in [0.29, 0.717) is 6.04 Å². The van der Waals surface area contributed by atoms with Gasteiger partial charge in [0.05, 0.1) is 15.9 Å². The summed E-state index contributed by atoms with van der Waals surface area (Å²) >= 11 is 1.69. The first-order valence-electron chi connectivity index (χ1n) is 12.0. The quantitative estimate of drug-likeness (QED) is 0.306. The smallest absolute Gasteiger partial charge is 0.184 e. The molecular weight excluding hydrogens is 430 g/mol. The van der Waals surface area contributed by atoms with Gasteiger partial charge in [-0.2, -0.15) is 0 Å². The van der Waals surface area contributed by atoms with Crippen molar-refractivity contribution in [1.29, 1.82) is 0 Å². The topological polar surface area (TPSA) is 75.7 Å². The molecule has 7 heteroatoms. The summed E-state index contributed by atoms with van der Waals surface area (Å²) in [4.78, 5) is 17.3. The van der Waals surface area contributed by atoms with E-state index in [4.69, 9.17) is 9.72 Å². The van der Waals surface area contributed by atoms with Crippen LogP contribution in [0, 0.1) is 12.8 Å². The number of hydrogen-bond acceptors (Lipinski definition) is 6. The van der Waals surface area contributed by atoms with Crippen LogP contribution >= 0.6 is 11.3 Å². The molecule has 1 unspecified atom stereocenters. The van der Waals surface area contributed by atoms with E-state index >= 15 is 0 Å². The number of nitrogens with one attached hydrogen (secondary N) is 2. The molecule has 0 spiro atoms. The van der Waals surface area contributed by atoms with Gasteiger partial charge in [0.25, 0.3) is 0 Å². The van der Waals surface area contributed by atoms with E-state index in [-0.39, 0.29) is 0 Å². The summed E-state index contributed by atoms with van der Waals surface area (Å²) in [6.07, 6.45) is 9.38. The van der Waals surface area contributed by atoms with Crippen molar-refractivity contribution in [3.8, 4) is 23.0 Å². The van der Waals surface area contributed by atoms with Gasteiger partial charge in [0, 0.05) is 30.1 Å². The van der Waals surface area contributed by atoms with E-state index in [1.807, 2.05) is 31.2 Å². The lowest BCUT2D eigenvalue weighted by atomic mass is 9.85. The minimum atomic E-state index is 0.454.